The molecule has 5 heteroatoms. The second-order valence-corrected chi connectivity index (χ2v) is 6.80. The molecule has 3 nitrogen and oxygen atoms in total. The van der Waals surface area contributed by atoms with Gasteiger partial charge in [-0.3, -0.25) is 0 Å². The Bertz CT molecular complexity index is 654. The SMILES string of the molecule is Cc1cc(Br)cc(C2CCCN2c2cc(N)ncc2Cl)c1. The number of benzene rings is 1. The molecule has 2 aromatic rings. The van der Waals surface area contributed by atoms with Crippen molar-refractivity contribution in [1.29, 1.82) is 0 Å². The number of anilines is 2. The Hall–Kier alpha value is -1.26. The Labute approximate surface area is 138 Å². The number of aryl methyl sites for hydroxylation is 1. The van der Waals surface area contributed by atoms with Crippen molar-refractivity contribution in [2.45, 2.75) is 25.8 Å². The summed E-state index contributed by atoms with van der Waals surface area (Å²) in [5.41, 5.74) is 9.37. The predicted molar refractivity (Wildman–Crippen MR) is 91.9 cm³/mol. The summed E-state index contributed by atoms with van der Waals surface area (Å²) in [5, 5.41) is 0.655. The van der Waals surface area contributed by atoms with Gasteiger partial charge in [-0.05, 0) is 43.0 Å². The highest BCUT2D eigenvalue weighted by molar-refractivity contribution is 9.10. The van der Waals surface area contributed by atoms with Gasteiger partial charge in [0.15, 0.2) is 0 Å². The first-order valence-electron chi connectivity index (χ1n) is 6.99. The van der Waals surface area contributed by atoms with Crippen molar-refractivity contribution in [2.75, 3.05) is 17.2 Å². The van der Waals surface area contributed by atoms with Gasteiger partial charge in [0, 0.05) is 23.3 Å². The summed E-state index contributed by atoms with van der Waals surface area (Å²) in [6.45, 7) is 3.10. The van der Waals surface area contributed by atoms with Crippen LogP contribution in [-0.2, 0) is 0 Å². The lowest BCUT2D eigenvalue weighted by molar-refractivity contribution is 0.718. The molecule has 1 aromatic carbocycles. The molecule has 1 aliphatic rings. The molecule has 0 bridgehead atoms. The second-order valence-electron chi connectivity index (χ2n) is 5.47. The fraction of sp³-hybridized carbons (Fsp3) is 0.312. The number of aromatic nitrogens is 1. The van der Waals surface area contributed by atoms with Crippen LogP contribution in [0.4, 0.5) is 11.5 Å². The number of pyridine rings is 1. The maximum Gasteiger partial charge on any atom is 0.125 e. The van der Waals surface area contributed by atoms with Crippen LogP contribution in [0.2, 0.25) is 5.02 Å². The van der Waals surface area contributed by atoms with Gasteiger partial charge in [0.2, 0.25) is 0 Å². The number of rotatable bonds is 2. The Kier molecular flexibility index (Phi) is 4.09. The van der Waals surface area contributed by atoms with Crippen molar-refractivity contribution in [1.82, 2.24) is 4.98 Å². The zero-order chi connectivity index (χ0) is 15.0. The molecular weight excluding hydrogens is 350 g/mol. The van der Waals surface area contributed by atoms with Gasteiger partial charge in [0.1, 0.15) is 5.82 Å². The van der Waals surface area contributed by atoms with E-state index >= 15 is 0 Å². The van der Waals surface area contributed by atoms with Gasteiger partial charge in [-0.1, -0.05) is 33.6 Å². The summed E-state index contributed by atoms with van der Waals surface area (Å²) < 4.78 is 1.12. The molecule has 1 saturated heterocycles. The maximum absolute atomic E-state index is 6.32. The summed E-state index contributed by atoms with van der Waals surface area (Å²) in [7, 11) is 0. The Morgan fingerprint density at radius 3 is 2.90 bits per heavy atom. The molecule has 110 valence electrons. The zero-order valence-electron chi connectivity index (χ0n) is 11.8. The highest BCUT2D eigenvalue weighted by atomic mass is 79.9. The average Bonchev–Trinajstić information content (AvgIpc) is 2.89. The van der Waals surface area contributed by atoms with E-state index in [0.717, 1.165) is 29.5 Å². The third kappa shape index (κ3) is 3.01. The smallest absolute Gasteiger partial charge is 0.125 e. The summed E-state index contributed by atoms with van der Waals surface area (Å²) in [4.78, 5) is 6.38. The molecule has 1 atom stereocenters. The molecule has 1 aliphatic heterocycles. The lowest BCUT2D eigenvalue weighted by atomic mass is 10.0. The molecule has 0 radical (unpaired) electrons. The fourth-order valence-electron chi connectivity index (χ4n) is 3.02. The van der Waals surface area contributed by atoms with Crippen LogP contribution in [0.1, 0.15) is 30.0 Å². The number of nitrogens with two attached hydrogens (primary N) is 1. The Morgan fingerprint density at radius 1 is 1.33 bits per heavy atom. The first-order valence-corrected chi connectivity index (χ1v) is 8.16. The number of halogens is 2. The second kappa shape index (κ2) is 5.85. The number of nitrogens with zero attached hydrogens (tertiary/aromatic N) is 2. The highest BCUT2D eigenvalue weighted by Crippen LogP contribution is 2.40. The lowest BCUT2D eigenvalue weighted by Crippen LogP contribution is -2.23. The van der Waals surface area contributed by atoms with Crippen molar-refractivity contribution >= 4 is 39.0 Å². The standard InChI is InChI=1S/C16H17BrClN3/c1-10-5-11(7-12(17)6-10)14-3-2-4-21(14)15-8-16(19)20-9-13(15)18/h5-9,14H,2-4H2,1H3,(H2,19,20). The third-order valence-corrected chi connectivity index (χ3v) is 4.62. The lowest BCUT2D eigenvalue weighted by Gasteiger charge is -2.28. The van der Waals surface area contributed by atoms with Crippen LogP contribution < -0.4 is 10.6 Å². The van der Waals surface area contributed by atoms with Gasteiger partial charge in [-0.25, -0.2) is 4.98 Å². The molecule has 0 aliphatic carbocycles. The topological polar surface area (TPSA) is 42.1 Å². The largest absolute Gasteiger partial charge is 0.384 e. The van der Waals surface area contributed by atoms with Crippen LogP contribution in [0.3, 0.4) is 0 Å². The third-order valence-electron chi connectivity index (χ3n) is 3.87. The van der Waals surface area contributed by atoms with E-state index < -0.39 is 0 Å². The van der Waals surface area contributed by atoms with Crippen molar-refractivity contribution in [3.05, 3.63) is 51.1 Å². The van der Waals surface area contributed by atoms with Crippen LogP contribution in [-0.4, -0.2) is 11.5 Å². The monoisotopic (exact) mass is 365 g/mol. The number of nitrogen functional groups attached to an aromatic ring is 1. The quantitative estimate of drug-likeness (QED) is 0.835. The minimum absolute atomic E-state index is 0.334. The zero-order valence-corrected chi connectivity index (χ0v) is 14.2. The molecule has 2 N–H and O–H groups in total. The van der Waals surface area contributed by atoms with Crippen molar-refractivity contribution in [3.63, 3.8) is 0 Å². The van der Waals surface area contributed by atoms with E-state index in [9.17, 15) is 0 Å². The molecule has 0 amide bonds. The van der Waals surface area contributed by atoms with Crippen LogP contribution in [0, 0.1) is 6.92 Å². The van der Waals surface area contributed by atoms with E-state index in [0.29, 0.717) is 16.9 Å². The first kappa shape index (κ1) is 14.7. The average molecular weight is 367 g/mol. The first-order chi connectivity index (χ1) is 10.0. The van der Waals surface area contributed by atoms with E-state index in [4.69, 9.17) is 17.3 Å². The van der Waals surface area contributed by atoms with Crippen molar-refractivity contribution < 1.29 is 0 Å². The van der Waals surface area contributed by atoms with Crippen molar-refractivity contribution in [2.24, 2.45) is 0 Å². The number of hydrogen-bond acceptors (Lipinski definition) is 3. The molecule has 21 heavy (non-hydrogen) atoms. The minimum atomic E-state index is 0.334. The summed E-state index contributed by atoms with van der Waals surface area (Å²) in [5.74, 6) is 0.505. The summed E-state index contributed by atoms with van der Waals surface area (Å²) in [6.07, 6.45) is 3.90. The molecular formula is C16H17BrClN3. The Morgan fingerprint density at radius 2 is 2.14 bits per heavy atom. The molecule has 1 unspecified atom stereocenters. The minimum Gasteiger partial charge on any atom is -0.384 e. The summed E-state index contributed by atoms with van der Waals surface area (Å²) >= 11 is 9.91. The van der Waals surface area contributed by atoms with Crippen molar-refractivity contribution in [3.8, 4) is 0 Å². The predicted octanol–water partition coefficient (Wildman–Crippen LogP) is 4.73. The fourth-order valence-corrected chi connectivity index (χ4v) is 3.86. The van der Waals surface area contributed by atoms with Gasteiger partial charge in [-0.2, -0.15) is 0 Å². The van der Waals surface area contributed by atoms with Gasteiger partial charge >= 0.3 is 0 Å². The van der Waals surface area contributed by atoms with E-state index in [2.05, 4.69) is 50.9 Å². The van der Waals surface area contributed by atoms with Crippen LogP contribution in [0.5, 0.6) is 0 Å². The summed E-state index contributed by atoms with van der Waals surface area (Å²) in [6, 6.07) is 8.76. The van der Waals surface area contributed by atoms with Gasteiger partial charge in [0.25, 0.3) is 0 Å². The molecule has 0 saturated carbocycles. The van der Waals surface area contributed by atoms with Gasteiger partial charge < -0.3 is 10.6 Å². The van der Waals surface area contributed by atoms with E-state index in [1.807, 2.05) is 6.07 Å². The van der Waals surface area contributed by atoms with E-state index in [-0.39, 0.29) is 0 Å². The molecule has 1 fully saturated rings. The van der Waals surface area contributed by atoms with E-state index in [1.165, 1.54) is 11.1 Å². The molecule has 1 aromatic heterocycles. The van der Waals surface area contributed by atoms with Crippen LogP contribution in [0.25, 0.3) is 0 Å². The highest BCUT2D eigenvalue weighted by Gasteiger charge is 2.28. The molecule has 3 rings (SSSR count). The normalized spacial score (nSPS) is 18.2. The maximum atomic E-state index is 6.32. The molecule has 0 spiro atoms. The van der Waals surface area contributed by atoms with Crippen LogP contribution in [0.15, 0.2) is 34.9 Å². The molecule has 2 heterocycles. The van der Waals surface area contributed by atoms with Gasteiger partial charge in [0.05, 0.1) is 16.8 Å². The van der Waals surface area contributed by atoms with E-state index in [1.54, 1.807) is 6.20 Å². The van der Waals surface area contributed by atoms with Gasteiger partial charge in [-0.15, -0.1) is 0 Å². The van der Waals surface area contributed by atoms with Crippen LogP contribution >= 0.6 is 27.5 Å². The number of hydrogen-bond donors (Lipinski definition) is 1. The Balaban J connectivity index is 2.00.